The lowest BCUT2D eigenvalue weighted by atomic mass is 9.90. The minimum Gasteiger partial charge on any atom is -0.497 e. The maximum atomic E-state index is 12.6. The van der Waals surface area contributed by atoms with Gasteiger partial charge < -0.3 is 24.8 Å². The number of rotatable bonds is 9. The highest BCUT2D eigenvalue weighted by molar-refractivity contribution is 5.84. The second-order valence-corrected chi connectivity index (χ2v) is 8.02. The van der Waals surface area contributed by atoms with Gasteiger partial charge in [-0.2, -0.15) is 0 Å². The Morgan fingerprint density at radius 3 is 2.48 bits per heavy atom. The number of H-pyrrole nitrogens is 1. The number of hydrogen-bond acceptors (Lipinski definition) is 3. The van der Waals surface area contributed by atoms with E-state index in [1.807, 2.05) is 55.7 Å². The standard InChI is InChI=1S/C24H30N4O3/c1-27(2)24(30)16-28(3)15-23(29)26-13-20(17-9-11-18(31-4)12-10-17)21-14-25-22-8-6-5-7-19(21)22/h5-12,14,20,25H,13,15-16H2,1-4H3,(H,26,29)/p+1/t20-/m1/s1. The Hall–Kier alpha value is -3.32. The molecule has 1 unspecified atom stereocenters. The van der Waals surface area contributed by atoms with E-state index >= 15 is 0 Å². The first kappa shape index (κ1) is 22.4. The van der Waals surface area contributed by atoms with Gasteiger partial charge >= 0.3 is 0 Å². The zero-order valence-electron chi connectivity index (χ0n) is 18.6. The summed E-state index contributed by atoms with van der Waals surface area (Å²) in [5.41, 5.74) is 3.28. The van der Waals surface area contributed by atoms with Crippen molar-refractivity contribution >= 4 is 22.7 Å². The van der Waals surface area contributed by atoms with E-state index in [9.17, 15) is 9.59 Å². The number of benzene rings is 2. The van der Waals surface area contributed by atoms with E-state index in [0.717, 1.165) is 32.7 Å². The van der Waals surface area contributed by atoms with Crippen molar-refractivity contribution in [1.29, 1.82) is 0 Å². The van der Waals surface area contributed by atoms with Gasteiger partial charge in [-0.05, 0) is 29.3 Å². The van der Waals surface area contributed by atoms with E-state index in [4.69, 9.17) is 4.74 Å². The summed E-state index contributed by atoms with van der Waals surface area (Å²) in [6.45, 7) is 0.982. The summed E-state index contributed by atoms with van der Waals surface area (Å²) in [7, 11) is 6.93. The fourth-order valence-electron chi connectivity index (χ4n) is 3.66. The van der Waals surface area contributed by atoms with Gasteiger partial charge in [0.1, 0.15) is 5.75 Å². The second kappa shape index (κ2) is 10.1. The van der Waals surface area contributed by atoms with Crippen molar-refractivity contribution in [1.82, 2.24) is 15.2 Å². The van der Waals surface area contributed by atoms with E-state index in [-0.39, 0.29) is 30.8 Å². The number of para-hydroxylation sites is 1. The van der Waals surface area contributed by atoms with Gasteiger partial charge in [-0.1, -0.05) is 30.3 Å². The molecule has 3 aromatic rings. The Labute approximate surface area is 183 Å². The fourth-order valence-corrected chi connectivity index (χ4v) is 3.66. The number of nitrogens with zero attached hydrogens (tertiary/aromatic N) is 1. The van der Waals surface area contributed by atoms with Crippen LogP contribution in [0.1, 0.15) is 17.0 Å². The maximum absolute atomic E-state index is 12.6. The molecular formula is C24H31N4O3+. The molecule has 0 fully saturated rings. The first-order valence-corrected chi connectivity index (χ1v) is 10.4. The third-order valence-corrected chi connectivity index (χ3v) is 5.43. The topological polar surface area (TPSA) is 78.9 Å². The normalized spacial score (nSPS) is 12.9. The molecule has 0 aliphatic heterocycles. The fraction of sp³-hybridized carbons (Fsp3) is 0.333. The van der Waals surface area contributed by atoms with Crippen LogP contribution in [0, 0.1) is 0 Å². The molecule has 164 valence electrons. The van der Waals surface area contributed by atoms with Crippen molar-refractivity contribution in [2.75, 3.05) is 47.9 Å². The van der Waals surface area contributed by atoms with Gasteiger partial charge in [-0.25, -0.2) is 0 Å². The van der Waals surface area contributed by atoms with Crippen LogP contribution in [0.15, 0.2) is 54.7 Å². The molecule has 0 saturated heterocycles. The predicted molar refractivity (Wildman–Crippen MR) is 121 cm³/mol. The van der Waals surface area contributed by atoms with E-state index in [1.165, 1.54) is 4.90 Å². The van der Waals surface area contributed by atoms with E-state index in [2.05, 4.69) is 16.4 Å². The van der Waals surface area contributed by atoms with Crippen molar-refractivity contribution in [3.05, 3.63) is 65.9 Å². The predicted octanol–water partition coefficient (Wildman–Crippen LogP) is 1.03. The van der Waals surface area contributed by atoms with Crippen LogP contribution < -0.4 is 15.0 Å². The zero-order chi connectivity index (χ0) is 22.4. The van der Waals surface area contributed by atoms with Crippen LogP contribution in [0.2, 0.25) is 0 Å². The van der Waals surface area contributed by atoms with Crippen molar-refractivity contribution in [2.45, 2.75) is 5.92 Å². The number of hydrogen-bond donors (Lipinski definition) is 3. The van der Waals surface area contributed by atoms with Crippen LogP contribution in [0.3, 0.4) is 0 Å². The quantitative estimate of drug-likeness (QED) is 0.481. The SMILES string of the molecule is COc1ccc([C@@H](CNC(=O)C[NH+](C)CC(=O)N(C)C)c2c[nH]c3ccccc23)cc1. The highest BCUT2D eigenvalue weighted by atomic mass is 16.5. The molecule has 7 nitrogen and oxygen atoms in total. The van der Waals surface area contributed by atoms with Crippen LogP contribution in [-0.4, -0.2) is 69.6 Å². The molecule has 2 atom stereocenters. The number of likely N-dealkylation sites (N-methyl/N-ethyl adjacent to an activating group) is 2. The van der Waals surface area contributed by atoms with Crippen LogP contribution in [0.5, 0.6) is 5.75 Å². The number of carbonyl (C=O) groups excluding carboxylic acids is 2. The van der Waals surface area contributed by atoms with Gasteiger partial charge in [0.15, 0.2) is 13.1 Å². The average Bonchev–Trinajstić information content (AvgIpc) is 3.18. The summed E-state index contributed by atoms with van der Waals surface area (Å²) >= 11 is 0. The summed E-state index contributed by atoms with van der Waals surface area (Å²) in [6.07, 6.45) is 2.01. The molecule has 0 radical (unpaired) electrons. The van der Waals surface area contributed by atoms with Gasteiger partial charge in [-0.3, -0.25) is 9.59 Å². The summed E-state index contributed by atoms with van der Waals surface area (Å²) in [6, 6.07) is 16.1. The number of aromatic nitrogens is 1. The molecule has 31 heavy (non-hydrogen) atoms. The third-order valence-electron chi connectivity index (χ3n) is 5.43. The van der Waals surface area contributed by atoms with Crippen LogP contribution >= 0.6 is 0 Å². The summed E-state index contributed by atoms with van der Waals surface area (Å²) < 4.78 is 5.29. The van der Waals surface area contributed by atoms with Gasteiger partial charge in [0.25, 0.3) is 11.8 Å². The lowest BCUT2D eigenvalue weighted by Crippen LogP contribution is -3.11. The second-order valence-electron chi connectivity index (χ2n) is 8.02. The molecule has 2 aromatic carbocycles. The molecule has 0 aliphatic rings. The lowest BCUT2D eigenvalue weighted by Gasteiger charge is -2.20. The van der Waals surface area contributed by atoms with Crippen molar-refractivity contribution < 1.29 is 19.2 Å². The minimum atomic E-state index is -0.0811. The number of quaternary nitrogens is 1. The smallest absolute Gasteiger partial charge is 0.277 e. The molecule has 3 N–H and O–H groups in total. The molecule has 0 aliphatic carbocycles. The molecule has 0 bridgehead atoms. The Kier molecular flexibility index (Phi) is 7.31. The van der Waals surface area contributed by atoms with Crippen LogP contribution in [0.4, 0.5) is 0 Å². The Bertz CT molecular complexity index is 1030. The average molecular weight is 424 g/mol. The number of carbonyl (C=O) groups is 2. The maximum Gasteiger partial charge on any atom is 0.277 e. The first-order chi connectivity index (χ1) is 14.9. The summed E-state index contributed by atoms with van der Waals surface area (Å²) in [5.74, 6) is 0.693. The molecule has 1 aromatic heterocycles. The van der Waals surface area contributed by atoms with Crippen LogP contribution in [-0.2, 0) is 9.59 Å². The van der Waals surface area contributed by atoms with Crippen molar-refractivity contribution in [3.8, 4) is 5.75 Å². The van der Waals surface area contributed by atoms with Gasteiger partial charge in [-0.15, -0.1) is 0 Å². The molecule has 7 heteroatoms. The molecule has 0 spiro atoms. The van der Waals surface area contributed by atoms with Crippen molar-refractivity contribution in [2.24, 2.45) is 0 Å². The number of methoxy groups -OCH3 is 1. The van der Waals surface area contributed by atoms with Gasteiger partial charge in [0, 0.05) is 43.7 Å². The largest absolute Gasteiger partial charge is 0.497 e. The molecule has 0 saturated carbocycles. The molecular weight excluding hydrogens is 392 g/mol. The van der Waals surface area contributed by atoms with Crippen molar-refractivity contribution in [3.63, 3.8) is 0 Å². The Morgan fingerprint density at radius 2 is 1.81 bits per heavy atom. The van der Waals surface area contributed by atoms with E-state index < -0.39 is 0 Å². The number of ether oxygens (including phenoxy) is 1. The van der Waals surface area contributed by atoms with Gasteiger partial charge in [0.2, 0.25) is 0 Å². The number of amides is 2. The third kappa shape index (κ3) is 5.64. The highest BCUT2D eigenvalue weighted by Gasteiger charge is 2.21. The van der Waals surface area contributed by atoms with E-state index in [1.54, 1.807) is 21.2 Å². The Morgan fingerprint density at radius 1 is 1.10 bits per heavy atom. The minimum absolute atomic E-state index is 0.000187. The van der Waals surface area contributed by atoms with E-state index in [0.29, 0.717) is 6.54 Å². The number of fused-ring (bicyclic) bond motifs is 1. The lowest BCUT2D eigenvalue weighted by molar-refractivity contribution is -0.862. The first-order valence-electron chi connectivity index (χ1n) is 10.4. The molecule has 3 rings (SSSR count). The summed E-state index contributed by atoms with van der Waals surface area (Å²) in [5, 5.41) is 4.20. The summed E-state index contributed by atoms with van der Waals surface area (Å²) in [4.78, 5) is 30.2. The van der Waals surface area contributed by atoms with Gasteiger partial charge in [0.05, 0.1) is 14.2 Å². The highest BCUT2D eigenvalue weighted by Crippen LogP contribution is 2.31. The Balaban J connectivity index is 1.76. The van der Waals surface area contributed by atoms with Crippen LogP contribution in [0.25, 0.3) is 10.9 Å². The molecule has 2 amide bonds. The number of nitrogens with one attached hydrogen (secondary N) is 3. The molecule has 1 heterocycles. The zero-order valence-corrected chi connectivity index (χ0v) is 18.6. The number of aromatic amines is 1. The monoisotopic (exact) mass is 423 g/mol.